The van der Waals surface area contributed by atoms with Crippen molar-refractivity contribution in [2.45, 2.75) is 52.4 Å². The summed E-state index contributed by atoms with van der Waals surface area (Å²) in [7, 11) is 0. The number of benzene rings is 2. The fraction of sp³-hybridized carbons (Fsp3) is 0.448. The zero-order chi connectivity index (χ0) is 29.2. The van der Waals surface area contributed by atoms with Gasteiger partial charge in [-0.15, -0.1) is 0 Å². The molecule has 0 aliphatic heterocycles. The van der Waals surface area contributed by atoms with Crippen molar-refractivity contribution in [3.63, 3.8) is 0 Å². The molecule has 40 heavy (non-hydrogen) atoms. The lowest BCUT2D eigenvalue weighted by atomic mass is 10.2. The van der Waals surface area contributed by atoms with E-state index >= 15 is 0 Å². The Kier molecular flexibility index (Phi) is 13.8. The van der Waals surface area contributed by atoms with Crippen molar-refractivity contribution >= 4 is 24.2 Å². The summed E-state index contributed by atoms with van der Waals surface area (Å²) < 4.78 is 15.8. The van der Waals surface area contributed by atoms with E-state index in [9.17, 15) is 19.2 Å². The molecule has 2 aromatic carbocycles. The highest BCUT2D eigenvalue weighted by molar-refractivity contribution is 5.82. The summed E-state index contributed by atoms with van der Waals surface area (Å²) in [6.45, 7) is 6.54. The molecule has 0 aliphatic carbocycles. The van der Waals surface area contributed by atoms with E-state index in [0.29, 0.717) is 39.0 Å². The van der Waals surface area contributed by atoms with Crippen molar-refractivity contribution in [1.82, 2.24) is 20.9 Å². The number of nitrogens with zero attached hydrogens (tertiary/aromatic N) is 1. The van der Waals surface area contributed by atoms with Gasteiger partial charge in [0.1, 0.15) is 18.8 Å². The van der Waals surface area contributed by atoms with Gasteiger partial charge in [-0.25, -0.2) is 14.4 Å². The smallest absolute Gasteiger partial charge is 0.410 e. The highest BCUT2D eigenvalue weighted by Gasteiger charge is 2.17. The Morgan fingerprint density at radius 1 is 0.700 bits per heavy atom. The van der Waals surface area contributed by atoms with Crippen molar-refractivity contribution in [3.05, 3.63) is 71.8 Å². The molecule has 0 aromatic heterocycles. The molecule has 2 rings (SSSR count). The fourth-order valence-electron chi connectivity index (χ4n) is 3.37. The van der Waals surface area contributed by atoms with Crippen molar-refractivity contribution in [1.29, 1.82) is 0 Å². The average molecular weight is 557 g/mol. The van der Waals surface area contributed by atoms with Gasteiger partial charge in [0.25, 0.3) is 0 Å². The number of nitrogens with one attached hydrogen (secondary N) is 3. The Morgan fingerprint density at radius 3 is 1.77 bits per heavy atom. The van der Waals surface area contributed by atoms with Gasteiger partial charge in [-0.2, -0.15) is 0 Å². The molecule has 0 aliphatic rings. The molecule has 0 atom stereocenters. The van der Waals surface area contributed by atoms with Gasteiger partial charge in [0, 0.05) is 26.2 Å². The van der Waals surface area contributed by atoms with Crippen LogP contribution in [0, 0.1) is 0 Å². The third kappa shape index (κ3) is 14.6. The van der Waals surface area contributed by atoms with Gasteiger partial charge in [-0.05, 0) is 44.7 Å². The van der Waals surface area contributed by atoms with Crippen LogP contribution in [0.25, 0.3) is 0 Å². The predicted octanol–water partition coefficient (Wildman–Crippen LogP) is 3.97. The summed E-state index contributed by atoms with van der Waals surface area (Å²) in [5, 5.41) is 7.78. The maximum atomic E-state index is 12.8. The lowest BCUT2D eigenvalue weighted by Gasteiger charge is -2.22. The number of carbonyl (C=O) groups excluding carboxylic acids is 4. The first kappa shape index (κ1) is 31.9. The van der Waals surface area contributed by atoms with Gasteiger partial charge in [0.15, 0.2) is 0 Å². The quantitative estimate of drug-likeness (QED) is 0.237. The van der Waals surface area contributed by atoms with Crippen LogP contribution in [-0.2, 0) is 32.2 Å². The molecule has 218 valence electrons. The van der Waals surface area contributed by atoms with E-state index in [1.165, 1.54) is 4.90 Å². The van der Waals surface area contributed by atoms with Crippen LogP contribution in [0.3, 0.4) is 0 Å². The number of carbonyl (C=O) groups is 4. The molecule has 0 radical (unpaired) electrons. The Balaban J connectivity index is 1.74. The normalized spacial score (nSPS) is 10.7. The van der Waals surface area contributed by atoms with Crippen LogP contribution in [0.5, 0.6) is 0 Å². The zero-order valence-corrected chi connectivity index (χ0v) is 23.4. The Hall–Kier alpha value is -4.28. The molecule has 0 fully saturated rings. The molecule has 0 bridgehead atoms. The second-order valence-electron chi connectivity index (χ2n) is 9.93. The first-order chi connectivity index (χ1) is 19.1. The molecule has 11 nitrogen and oxygen atoms in total. The lowest BCUT2D eigenvalue weighted by Crippen LogP contribution is -2.41. The Bertz CT molecular complexity index is 1060. The van der Waals surface area contributed by atoms with Gasteiger partial charge in [-0.3, -0.25) is 4.79 Å². The Morgan fingerprint density at radius 2 is 1.23 bits per heavy atom. The minimum absolute atomic E-state index is 0.132. The van der Waals surface area contributed by atoms with Gasteiger partial charge in [-0.1, -0.05) is 60.7 Å². The van der Waals surface area contributed by atoms with E-state index in [4.69, 9.17) is 14.2 Å². The monoisotopic (exact) mass is 556 g/mol. The third-order valence-corrected chi connectivity index (χ3v) is 5.27. The highest BCUT2D eigenvalue weighted by atomic mass is 16.6. The number of hydrogen-bond donors (Lipinski definition) is 3. The molecule has 11 heteroatoms. The topological polar surface area (TPSA) is 135 Å². The summed E-state index contributed by atoms with van der Waals surface area (Å²) in [4.78, 5) is 50.0. The van der Waals surface area contributed by atoms with Crippen LogP contribution >= 0.6 is 0 Å². The number of hydrogen-bond acceptors (Lipinski definition) is 7. The molecular formula is C29H40N4O7. The van der Waals surface area contributed by atoms with Crippen LogP contribution in [0.4, 0.5) is 14.4 Å². The van der Waals surface area contributed by atoms with Crippen LogP contribution in [0.2, 0.25) is 0 Å². The standard InChI is InChI=1S/C29H40N4O7/c1-29(2,3)40-27(36)32-20-25(34)30-16-10-18-33(28(37)39-22-24-14-8-5-9-15-24)19-11-17-31-26(35)38-21-23-12-6-4-7-13-23/h4-9,12-15H,10-11,16-22H2,1-3H3,(H,30,34)(H,31,35)(H,32,36). The van der Waals surface area contributed by atoms with Gasteiger partial charge >= 0.3 is 18.3 Å². The van der Waals surface area contributed by atoms with E-state index in [0.717, 1.165) is 11.1 Å². The van der Waals surface area contributed by atoms with E-state index in [2.05, 4.69) is 16.0 Å². The minimum Gasteiger partial charge on any atom is -0.445 e. The first-order valence-electron chi connectivity index (χ1n) is 13.3. The van der Waals surface area contributed by atoms with Crippen molar-refractivity contribution in [2.75, 3.05) is 32.7 Å². The molecule has 0 heterocycles. The third-order valence-electron chi connectivity index (χ3n) is 5.27. The maximum absolute atomic E-state index is 12.8. The van der Waals surface area contributed by atoms with Crippen LogP contribution in [0.15, 0.2) is 60.7 Å². The summed E-state index contributed by atoms with van der Waals surface area (Å²) in [6, 6.07) is 18.7. The zero-order valence-electron chi connectivity index (χ0n) is 23.4. The molecule has 0 saturated heterocycles. The maximum Gasteiger partial charge on any atom is 0.410 e. The largest absolute Gasteiger partial charge is 0.445 e. The molecule has 2 aromatic rings. The number of alkyl carbamates (subject to hydrolysis) is 2. The van der Waals surface area contributed by atoms with E-state index < -0.39 is 23.9 Å². The number of rotatable bonds is 14. The van der Waals surface area contributed by atoms with E-state index in [-0.39, 0.29) is 25.7 Å². The molecule has 0 spiro atoms. The van der Waals surface area contributed by atoms with Crippen LogP contribution in [-0.4, -0.2) is 67.4 Å². The number of ether oxygens (including phenoxy) is 3. The van der Waals surface area contributed by atoms with E-state index in [1.807, 2.05) is 60.7 Å². The first-order valence-corrected chi connectivity index (χ1v) is 13.3. The fourth-order valence-corrected chi connectivity index (χ4v) is 3.37. The molecule has 0 saturated carbocycles. The lowest BCUT2D eigenvalue weighted by molar-refractivity contribution is -0.120. The van der Waals surface area contributed by atoms with Crippen molar-refractivity contribution in [2.24, 2.45) is 0 Å². The van der Waals surface area contributed by atoms with Gasteiger partial charge in [0.2, 0.25) is 5.91 Å². The predicted molar refractivity (Wildman–Crippen MR) is 149 cm³/mol. The summed E-state index contributed by atoms with van der Waals surface area (Å²) in [6.07, 6.45) is -0.760. The molecule has 4 amide bonds. The van der Waals surface area contributed by atoms with Gasteiger partial charge in [0.05, 0.1) is 6.54 Å². The summed E-state index contributed by atoms with van der Waals surface area (Å²) >= 11 is 0. The molecular weight excluding hydrogens is 516 g/mol. The summed E-state index contributed by atoms with van der Waals surface area (Å²) in [5.74, 6) is -0.373. The van der Waals surface area contributed by atoms with Crippen molar-refractivity contribution in [3.8, 4) is 0 Å². The van der Waals surface area contributed by atoms with Crippen LogP contribution < -0.4 is 16.0 Å². The highest BCUT2D eigenvalue weighted by Crippen LogP contribution is 2.07. The average Bonchev–Trinajstić information content (AvgIpc) is 2.93. The van der Waals surface area contributed by atoms with E-state index in [1.54, 1.807) is 20.8 Å². The van der Waals surface area contributed by atoms with Gasteiger partial charge < -0.3 is 35.1 Å². The van der Waals surface area contributed by atoms with Crippen LogP contribution in [0.1, 0.15) is 44.7 Å². The molecule has 0 unspecified atom stereocenters. The second-order valence-corrected chi connectivity index (χ2v) is 9.93. The Labute approximate surface area is 235 Å². The summed E-state index contributed by atoms with van der Waals surface area (Å²) in [5.41, 5.74) is 1.10. The molecule has 3 N–H and O–H groups in total. The van der Waals surface area contributed by atoms with Crippen molar-refractivity contribution < 1.29 is 33.4 Å². The SMILES string of the molecule is CC(C)(C)OC(=O)NCC(=O)NCCCN(CCCNC(=O)OCc1ccccc1)C(=O)OCc1ccccc1. The minimum atomic E-state index is -0.674. The second kappa shape index (κ2) is 17.3. The number of amides is 4.